The highest BCUT2D eigenvalue weighted by molar-refractivity contribution is 5.90. The van der Waals surface area contributed by atoms with Crippen molar-refractivity contribution in [2.75, 3.05) is 6.61 Å². The summed E-state index contributed by atoms with van der Waals surface area (Å²) in [6, 6.07) is 7.25. The van der Waals surface area contributed by atoms with Gasteiger partial charge in [0.15, 0.2) is 0 Å². The summed E-state index contributed by atoms with van der Waals surface area (Å²) >= 11 is 0. The third kappa shape index (κ3) is 3.74. The fourth-order valence-electron chi connectivity index (χ4n) is 1.56. The van der Waals surface area contributed by atoms with Gasteiger partial charge in [0.2, 0.25) is 0 Å². The highest BCUT2D eigenvalue weighted by atomic mass is 16.5. The lowest BCUT2D eigenvalue weighted by molar-refractivity contribution is 0.0526. The first-order valence-electron chi connectivity index (χ1n) is 6.01. The van der Waals surface area contributed by atoms with Crippen molar-refractivity contribution in [2.45, 2.75) is 6.92 Å². The molecule has 0 N–H and O–H groups in total. The maximum atomic E-state index is 11.6. The summed E-state index contributed by atoms with van der Waals surface area (Å²) < 4.78 is 4.96. The van der Waals surface area contributed by atoms with E-state index < -0.39 is 0 Å². The first-order valence-corrected chi connectivity index (χ1v) is 6.01. The lowest BCUT2D eigenvalue weighted by atomic mass is 10.1. The lowest BCUT2D eigenvalue weighted by Crippen LogP contribution is -2.04. The largest absolute Gasteiger partial charge is 0.462 e. The number of hydrogen-bond acceptors (Lipinski definition) is 4. The van der Waals surface area contributed by atoms with Crippen LogP contribution in [0, 0.1) is 0 Å². The molecular weight excluding hydrogens is 240 g/mol. The number of carbonyl (C=O) groups excluding carboxylic acids is 1. The number of rotatable bonds is 4. The molecule has 4 heteroatoms. The van der Waals surface area contributed by atoms with Crippen molar-refractivity contribution in [3.8, 4) is 0 Å². The van der Waals surface area contributed by atoms with E-state index in [1.54, 1.807) is 37.6 Å². The Balaban J connectivity index is 2.15. The summed E-state index contributed by atoms with van der Waals surface area (Å²) in [7, 11) is 0. The summed E-state index contributed by atoms with van der Waals surface area (Å²) in [6.07, 6.45) is 8.66. The first kappa shape index (κ1) is 13.0. The molecular formula is C15H14N2O2. The standard InChI is InChI=1S/C15H14N2O2/c1-2-19-15(18)13-5-3-4-12(10-13)6-7-14-11-16-8-9-17-14/h3-11H,2H2,1H3/b7-6+. The van der Waals surface area contributed by atoms with Gasteiger partial charge in [-0.25, -0.2) is 4.79 Å². The summed E-state index contributed by atoms with van der Waals surface area (Å²) in [4.78, 5) is 19.7. The van der Waals surface area contributed by atoms with Crippen molar-refractivity contribution in [1.82, 2.24) is 9.97 Å². The summed E-state index contributed by atoms with van der Waals surface area (Å²) in [5, 5.41) is 0. The molecule has 0 saturated heterocycles. The van der Waals surface area contributed by atoms with Crippen molar-refractivity contribution < 1.29 is 9.53 Å². The Morgan fingerprint density at radius 1 is 1.32 bits per heavy atom. The van der Waals surface area contributed by atoms with Gasteiger partial charge in [-0.3, -0.25) is 9.97 Å². The van der Waals surface area contributed by atoms with Crippen LogP contribution in [-0.2, 0) is 4.74 Å². The van der Waals surface area contributed by atoms with Crippen molar-refractivity contribution in [3.05, 3.63) is 59.7 Å². The van der Waals surface area contributed by atoms with Gasteiger partial charge < -0.3 is 4.74 Å². The molecule has 0 unspecified atom stereocenters. The molecule has 0 aliphatic carbocycles. The molecule has 4 nitrogen and oxygen atoms in total. The van der Waals surface area contributed by atoms with Gasteiger partial charge in [0.05, 0.1) is 24.1 Å². The van der Waals surface area contributed by atoms with Gasteiger partial charge in [-0.1, -0.05) is 18.2 Å². The van der Waals surface area contributed by atoms with E-state index in [-0.39, 0.29) is 5.97 Å². The quantitative estimate of drug-likeness (QED) is 0.787. The van der Waals surface area contributed by atoms with E-state index in [9.17, 15) is 4.79 Å². The Bertz CT molecular complexity index is 580. The Hall–Kier alpha value is -2.49. The molecule has 2 aromatic rings. The number of ether oxygens (including phenoxy) is 1. The van der Waals surface area contributed by atoms with Gasteiger partial charge >= 0.3 is 5.97 Å². The average Bonchev–Trinajstić information content (AvgIpc) is 2.47. The monoisotopic (exact) mass is 254 g/mol. The zero-order valence-corrected chi connectivity index (χ0v) is 10.6. The van der Waals surface area contributed by atoms with Crippen LogP contribution < -0.4 is 0 Å². The van der Waals surface area contributed by atoms with Gasteiger partial charge in [0, 0.05) is 12.4 Å². The van der Waals surface area contributed by atoms with Gasteiger partial charge in [0.1, 0.15) is 0 Å². The smallest absolute Gasteiger partial charge is 0.338 e. The number of hydrogen-bond donors (Lipinski definition) is 0. The second-order valence-electron chi connectivity index (χ2n) is 3.81. The molecule has 0 fully saturated rings. The van der Waals surface area contributed by atoms with Crippen LogP contribution in [0.3, 0.4) is 0 Å². The molecule has 0 amide bonds. The van der Waals surface area contributed by atoms with Crippen LogP contribution in [0.4, 0.5) is 0 Å². The molecule has 96 valence electrons. The van der Waals surface area contributed by atoms with Crippen LogP contribution in [0.25, 0.3) is 12.2 Å². The van der Waals surface area contributed by atoms with Crippen molar-refractivity contribution in [3.63, 3.8) is 0 Å². The van der Waals surface area contributed by atoms with Crippen LogP contribution in [0.15, 0.2) is 42.9 Å². The van der Waals surface area contributed by atoms with Gasteiger partial charge in [0.25, 0.3) is 0 Å². The molecule has 1 heterocycles. The number of carbonyl (C=O) groups is 1. The van der Waals surface area contributed by atoms with Crippen LogP contribution in [0.5, 0.6) is 0 Å². The number of aromatic nitrogens is 2. The Morgan fingerprint density at radius 2 is 2.21 bits per heavy atom. The van der Waals surface area contributed by atoms with E-state index in [0.717, 1.165) is 11.3 Å². The van der Waals surface area contributed by atoms with Crippen molar-refractivity contribution in [1.29, 1.82) is 0 Å². The van der Waals surface area contributed by atoms with Gasteiger partial charge in [-0.15, -0.1) is 0 Å². The summed E-state index contributed by atoms with van der Waals surface area (Å²) in [6.45, 7) is 2.16. The van der Waals surface area contributed by atoms with E-state index in [1.807, 2.05) is 24.3 Å². The Kier molecular flexibility index (Phi) is 4.39. The Morgan fingerprint density at radius 3 is 2.95 bits per heavy atom. The lowest BCUT2D eigenvalue weighted by Gasteiger charge is -2.02. The van der Waals surface area contributed by atoms with E-state index >= 15 is 0 Å². The molecule has 0 saturated carbocycles. The average molecular weight is 254 g/mol. The SMILES string of the molecule is CCOC(=O)c1cccc(/C=C/c2cnccn2)c1. The maximum absolute atomic E-state index is 11.6. The molecule has 0 atom stereocenters. The van der Waals surface area contributed by atoms with E-state index in [4.69, 9.17) is 4.74 Å². The zero-order chi connectivity index (χ0) is 13.5. The Labute approximate surface area is 111 Å². The fourth-order valence-corrected chi connectivity index (χ4v) is 1.56. The molecule has 0 spiro atoms. The molecule has 19 heavy (non-hydrogen) atoms. The molecule has 0 aliphatic heterocycles. The first-order chi connectivity index (χ1) is 9.29. The van der Waals surface area contributed by atoms with Crippen LogP contribution >= 0.6 is 0 Å². The van der Waals surface area contributed by atoms with Crippen LogP contribution in [0.2, 0.25) is 0 Å². The van der Waals surface area contributed by atoms with Gasteiger partial charge in [-0.05, 0) is 30.7 Å². The number of esters is 1. The van der Waals surface area contributed by atoms with E-state index in [1.165, 1.54) is 0 Å². The minimum Gasteiger partial charge on any atom is -0.462 e. The van der Waals surface area contributed by atoms with Crippen LogP contribution in [0.1, 0.15) is 28.5 Å². The second-order valence-corrected chi connectivity index (χ2v) is 3.81. The number of nitrogens with zero attached hydrogens (tertiary/aromatic N) is 2. The van der Waals surface area contributed by atoms with Crippen LogP contribution in [-0.4, -0.2) is 22.5 Å². The highest BCUT2D eigenvalue weighted by Crippen LogP contribution is 2.10. The summed E-state index contributed by atoms with van der Waals surface area (Å²) in [5.41, 5.74) is 2.23. The predicted octanol–water partition coefficient (Wildman–Crippen LogP) is 2.82. The number of benzene rings is 1. The molecule has 1 aromatic carbocycles. The molecule has 0 aliphatic rings. The zero-order valence-electron chi connectivity index (χ0n) is 10.6. The third-order valence-corrected chi connectivity index (χ3v) is 2.43. The second kappa shape index (κ2) is 6.44. The summed E-state index contributed by atoms with van der Waals surface area (Å²) in [5.74, 6) is -0.308. The minimum absolute atomic E-state index is 0.308. The normalized spacial score (nSPS) is 10.6. The molecule has 0 radical (unpaired) electrons. The highest BCUT2D eigenvalue weighted by Gasteiger charge is 2.05. The minimum atomic E-state index is -0.308. The maximum Gasteiger partial charge on any atom is 0.338 e. The van der Waals surface area contributed by atoms with Gasteiger partial charge in [-0.2, -0.15) is 0 Å². The van der Waals surface area contributed by atoms with E-state index in [2.05, 4.69) is 9.97 Å². The molecule has 0 bridgehead atoms. The van der Waals surface area contributed by atoms with Crippen molar-refractivity contribution in [2.24, 2.45) is 0 Å². The molecule has 2 rings (SSSR count). The van der Waals surface area contributed by atoms with Crippen molar-refractivity contribution >= 4 is 18.1 Å². The van der Waals surface area contributed by atoms with E-state index in [0.29, 0.717) is 12.2 Å². The fraction of sp³-hybridized carbons (Fsp3) is 0.133. The third-order valence-electron chi connectivity index (χ3n) is 2.43. The topological polar surface area (TPSA) is 52.1 Å². The molecule has 1 aromatic heterocycles. The predicted molar refractivity (Wildman–Crippen MR) is 73.4 cm³/mol.